The van der Waals surface area contributed by atoms with Gasteiger partial charge in [-0.25, -0.2) is 0 Å². The summed E-state index contributed by atoms with van der Waals surface area (Å²) in [6.07, 6.45) is 0.648. The van der Waals surface area contributed by atoms with Gasteiger partial charge >= 0.3 is 5.97 Å². The van der Waals surface area contributed by atoms with Gasteiger partial charge in [0.25, 0.3) is 0 Å². The third-order valence-electron chi connectivity index (χ3n) is 3.45. The number of carbonyl (C=O) groups excluding carboxylic acids is 1. The highest BCUT2D eigenvalue weighted by molar-refractivity contribution is 5.77. The molecule has 1 rings (SSSR count). The van der Waals surface area contributed by atoms with E-state index in [4.69, 9.17) is 5.11 Å². The van der Waals surface area contributed by atoms with Crippen molar-refractivity contribution >= 4 is 11.9 Å². The summed E-state index contributed by atoms with van der Waals surface area (Å²) in [7, 11) is 0. The number of amides is 1. The fraction of sp³-hybridized carbons (Fsp3) is 0.529. The second kappa shape index (κ2) is 7.25. The Bertz CT molecular complexity index is 486. The third-order valence-corrected chi connectivity index (χ3v) is 3.45. The summed E-state index contributed by atoms with van der Waals surface area (Å²) >= 11 is 0. The minimum Gasteiger partial charge on any atom is -0.481 e. The molecule has 1 atom stereocenters. The first-order chi connectivity index (χ1) is 9.70. The van der Waals surface area contributed by atoms with Crippen molar-refractivity contribution in [2.24, 2.45) is 0 Å². The molecule has 0 radical (unpaired) electrons. The molecule has 0 saturated heterocycles. The number of aliphatic carboxylic acids is 1. The van der Waals surface area contributed by atoms with Gasteiger partial charge in [0, 0.05) is 12.8 Å². The average Bonchev–Trinajstić information content (AvgIpc) is 2.37. The summed E-state index contributed by atoms with van der Waals surface area (Å²) in [6.45, 7) is 8.42. The van der Waals surface area contributed by atoms with E-state index in [1.54, 1.807) is 0 Å². The molecule has 0 aliphatic carbocycles. The van der Waals surface area contributed by atoms with Gasteiger partial charge in [0.15, 0.2) is 0 Å². The standard InChI is InChI=1S/C17H25NO3/c1-12(18-15(19)6-5-7-16(20)21)13-8-10-14(11-9-13)17(2,3)4/h8-12H,5-7H2,1-4H3,(H,18,19)(H,20,21). The molecule has 0 bridgehead atoms. The van der Waals surface area contributed by atoms with E-state index >= 15 is 0 Å². The molecule has 0 heterocycles. The predicted octanol–water partition coefficient (Wildman–Crippen LogP) is 3.42. The molecule has 2 N–H and O–H groups in total. The number of carboxylic acids is 1. The van der Waals surface area contributed by atoms with Crippen LogP contribution in [0.25, 0.3) is 0 Å². The number of hydrogen-bond acceptors (Lipinski definition) is 2. The number of carbonyl (C=O) groups is 2. The molecule has 1 aromatic carbocycles. The highest BCUT2D eigenvalue weighted by Crippen LogP contribution is 2.23. The summed E-state index contributed by atoms with van der Waals surface area (Å²) in [5, 5.41) is 11.4. The number of carboxylic acid groups (broad SMARTS) is 1. The lowest BCUT2D eigenvalue weighted by atomic mass is 9.86. The SMILES string of the molecule is CC(NC(=O)CCCC(=O)O)c1ccc(C(C)(C)C)cc1. The number of rotatable bonds is 6. The third kappa shape index (κ3) is 5.98. The maximum absolute atomic E-state index is 11.7. The number of nitrogens with one attached hydrogen (secondary N) is 1. The van der Waals surface area contributed by atoms with Crippen LogP contribution in [0.4, 0.5) is 0 Å². The zero-order valence-electron chi connectivity index (χ0n) is 13.3. The van der Waals surface area contributed by atoms with E-state index in [0.29, 0.717) is 6.42 Å². The van der Waals surface area contributed by atoms with Crippen molar-refractivity contribution in [3.05, 3.63) is 35.4 Å². The first-order valence-electron chi connectivity index (χ1n) is 7.32. The van der Waals surface area contributed by atoms with Crippen LogP contribution in [0.5, 0.6) is 0 Å². The zero-order valence-corrected chi connectivity index (χ0v) is 13.3. The van der Waals surface area contributed by atoms with E-state index in [0.717, 1.165) is 5.56 Å². The van der Waals surface area contributed by atoms with Crippen LogP contribution < -0.4 is 5.32 Å². The van der Waals surface area contributed by atoms with E-state index in [1.165, 1.54) is 5.56 Å². The molecule has 0 aromatic heterocycles. The zero-order chi connectivity index (χ0) is 16.0. The highest BCUT2D eigenvalue weighted by Gasteiger charge is 2.15. The molecule has 116 valence electrons. The van der Waals surface area contributed by atoms with Crippen molar-refractivity contribution in [3.63, 3.8) is 0 Å². The summed E-state index contributed by atoms with van der Waals surface area (Å²) in [6, 6.07) is 8.16. The Morgan fingerprint density at radius 2 is 1.71 bits per heavy atom. The molecule has 0 fully saturated rings. The highest BCUT2D eigenvalue weighted by atomic mass is 16.4. The minimum atomic E-state index is -0.867. The van der Waals surface area contributed by atoms with E-state index in [1.807, 2.05) is 19.1 Å². The molecule has 1 unspecified atom stereocenters. The summed E-state index contributed by atoms with van der Waals surface area (Å²) in [4.78, 5) is 22.1. The molecular formula is C17H25NO3. The fourth-order valence-electron chi connectivity index (χ4n) is 2.07. The lowest BCUT2D eigenvalue weighted by Crippen LogP contribution is -2.26. The summed E-state index contributed by atoms with van der Waals surface area (Å²) in [5.74, 6) is -0.975. The molecule has 0 spiro atoms. The van der Waals surface area contributed by atoms with E-state index in [2.05, 4.69) is 38.2 Å². The van der Waals surface area contributed by atoms with Gasteiger partial charge in [0.2, 0.25) is 5.91 Å². The van der Waals surface area contributed by atoms with Gasteiger partial charge in [-0.3, -0.25) is 9.59 Å². The van der Waals surface area contributed by atoms with Gasteiger partial charge in [-0.05, 0) is 29.9 Å². The first-order valence-corrected chi connectivity index (χ1v) is 7.32. The van der Waals surface area contributed by atoms with Crippen LogP contribution >= 0.6 is 0 Å². The van der Waals surface area contributed by atoms with Crippen LogP contribution in [0.2, 0.25) is 0 Å². The monoisotopic (exact) mass is 291 g/mol. The van der Waals surface area contributed by atoms with Gasteiger partial charge in [0.05, 0.1) is 6.04 Å². The maximum atomic E-state index is 11.7. The lowest BCUT2D eigenvalue weighted by molar-refractivity contribution is -0.137. The van der Waals surface area contributed by atoms with E-state index < -0.39 is 5.97 Å². The molecule has 0 aliphatic heterocycles. The van der Waals surface area contributed by atoms with E-state index in [-0.39, 0.29) is 30.2 Å². The van der Waals surface area contributed by atoms with Crippen molar-refractivity contribution in [1.82, 2.24) is 5.32 Å². The molecular weight excluding hydrogens is 266 g/mol. The topological polar surface area (TPSA) is 66.4 Å². The second-order valence-electron chi connectivity index (χ2n) is 6.41. The minimum absolute atomic E-state index is 0.0298. The number of hydrogen-bond donors (Lipinski definition) is 2. The first kappa shape index (κ1) is 17.2. The van der Waals surface area contributed by atoms with Crippen LogP contribution in [0.3, 0.4) is 0 Å². The van der Waals surface area contributed by atoms with Crippen LogP contribution in [0.15, 0.2) is 24.3 Å². The van der Waals surface area contributed by atoms with Crippen molar-refractivity contribution in [1.29, 1.82) is 0 Å². The van der Waals surface area contributed by atoms with Gasteiger partial charge in [-0.2, -0.15) is 0 Å². The van der Waals surface area contributed by atoms with Gasteiger partial charge in [-0.1, -0.05) is 45.0 Å². The van der Waals surface area contributed by atoms with Gasteiger partial charge < -0.3 is 10.4 Å². The molecule has 1 amide bonds. The Balaban J connectivity index is 2.53. The van der Waals surface area contributed by atoms with Gasteiger partial charge in [-0.15, -0.1) is 0 Å². The molecule has 0 aliphatic rings. The predicted molar refractivity (Wildman–Crippen MR) is 83.2 cm³/mol. The Morgan fingerprint density at radius 1 is 1.14 bits per heavy atom. The van der Waals surface area contributed by atoms with Crippen LogP contribution in [0.1, 0.15) is 64.1 Å². The second-order valence-corrected chi connectivity index (χ2v) is 6.41. The van der Waals surface area contributed by atoms with Crippen LogP contribution in [-0.4, -0.2) is 17.0 Å². The molecule has 21 heavy (non-hydrogen) atoms. The Kier molecular flexibility index (Phi) is 5.94. The molecule has 4 heteroatoms. The lowest BCUT2D eigenvalue weighted by Gasteiger charge is -2.20. The molecule has 1 aromatic rings. The van der Waals surface area contributed by atoms with Crippen LogP contribution in [0, 0.1) is 0 Å². The maximum Gasteiger partial charge on any atom is 0.303 e. The Hall–Kier alpha value is -1.84. The van der Waals surface area contributed by atoms with Crippen molar-refractivity contribution in [3.8, 4) is 0 Å². The fourth-order valence-corrected chi connectivity index (χ4v) is 2.07. The number of benzene rings is 1. The van der Waals surface area contributed by atoms with Crippen molar-refractivity contribution in [2.75, 3.05) is 0 Å². The molecule has 0 saturated carbocycles. The largest absolute Gasteiger partial charge is 0.481 e. The Morgan fingerprint density at radius 3 is 2.19 bits per heavy atom. The van der Waals surface area contributed by atoms with E-state index in [9.17, 15) is 9.59 Å². The summed E-state index contributed by atoms with van der Waals surface area (Å²) < 4.78 is 0. The average molecular weight is 291 g/mol. The van der Waals surface area contributed by atoms with Crippen molar-refractivity contribution in [2.45, 2.75) is 58.4 Å². The smallest absolute Gasteiger partial charge is 0.303 e. The normalized spacial score (nSPS) is 12.8. The van der Waals surface area contributed by atoms with Crippen molar-refractivity contribution < 1.29 is 14.7 Å². The van der Waals surface area contributed by atoms with Crippen LogP contribution in [-0.2, 0) is 15.0 Å². The van der Waals surface area contributed by atoms with Gasteiger partial charge in [0.1, 0.15) is 0 Å². The quantitative estimate of drug-likeness (QED) is 0.844. The Labute approximate surface area is 126 Å². The summed E-state index contributed by atoms with van der Waals surface area (Å²) in [5.41, 5.74) is 2.42. The molecule has 4 nitrogen and oxygen atoms in total.